The number of hydrogen-bond acceptors (Lipinski definition) is 7. The third-order valence-electron chi connectivity index (χ3n) is 6.52. The van der Waals surface area contributed by atoms with Gasteiger partial charge in [-0.05, 0) is 49.7 Å². The van der Waals surface area contributed by atoms with Gasteiger partial charge < -0.3 is 21.7 Å². The van der Waals surface area contributed by atoms with E-state index in [9.17, 15) is 4.79 Å². The topological polar surface area (TPSA) is 115 Å². The highest BCUT2D eigenvalue weighted by molar-refractivity contribution is 7.07. The van der Waals surface area contributed by atoms with Crippen molar-refractivity contribution in [1.82, 2.24) is 14.8 Å². The fourth-order valence-electron chi connectivity index (χ4n) is 4.61. The molecule has 1 amide bonds. The summed E-state index contributed by atoms with van der Waals surface area (Å²) in [6.45, 7) is 1.59. The Morgan fingerprint density at radius 3 is 2.82 bits per heavy atom. The first-order valence-corrected chi connectivity index (χ1v) is 12.2. The van der Waals surface area contributed by atoms with Gasteiger partial charge in [0.05, 0.1) is 17.4 Å². The number of carbonyl (C=O) groups is 1. The van der Waals surface area contributed by atoms with Crippen molar-refractivity contribution in [2.24, 2.45) is 12.8 Å². The van der Waals surface area contributed by atoms with Crippen LogP contribution in [0.5, 0.6) is 0 Å². The molecular formula is C23H28FN7OS. The van der Waals surface area contributed by atoms with Crippen LogP contribution in [0, 0.1) is 5.82 Å². The number of nitrogens with one attached hydrogen (secondary N) is 1. The van der Waals surface area contributed by atoms with Crippen LogP contribution in [-0.4, -0.2) is 39.8 Å². The number of nitrogens with two attached hydrogens (primary N) is 2. The minimum atomic E-state index is -0.554. The minimum absolute atomic E-state index is 0.117. The molecule has 2 fully saturated rings. The molecule has 0 radical (unpaired) electrons. The normalized spacial score (nSPS) is 18.9. The summed E-state index contributed by atoms with van der Waals surface area (Å²) < 4.78 is 17.8. The number of hydrogen-bond donors (Lipinski definition) is 3. The van der Waals surface area contributed by atoms with Crippen LogP contribution >= 0.6 is 11.3 Å². The first-order chi connectivity index (χ1) is 15.9. The fourth-order valence-corrected chi connectivity index (χ4v) is 5.14. The molecule has 0 bridgehead atoms. The molecule has 5 rings (SSSR count). The Kier molecular flexibility index (Phi) is 5.79. The van der Waals surface area contributed by atoms with Gasteiger partial charge in [0.25, 0.3) is 5.91 Å². The molecule has 1 aromatic carbocycles. The largest absolute Gasteiger partial charge is 0.398 e. The van der Waals surface area contributed by atoms with Crippen LogP contribution in [0.2, 0.25) is 0 Å². The number of nitrogens with zero attached hydrogens (tertiary/aromatic N) is 4. The van der Waals surface area contributed by atoms with E-state index >= 15 is 4.39 Å². The maximum absolute atomic E-state index is 16.0. The highest BCUT2D eigenvalue weighted by Crippen LogP contribution is 2.49. The number of carbonyl (C=O) groups excluding carboxylic acids is 1. The molecule has 3 heterocycles. The van der Waals surface area contributed by atoms with E-state index in [4.69, 9.17) is 11.5 Å². The summed E-state index contributed by atoms with van der Waals surface area (Å²) in [4.78, 5) is 18.9. The van der Waals surface area contributed by atoms with Crippen molar-refractivity contribution < 1.29 is 9.18 Å². The molecule has 1 atom stereocenters. The van der Waals surface area contributed by atoms with Crippen molar-refractivity contribution in [2.75, 3.05) is 29.0 Å². The Bertz CT molecular complexity index is 1170. The fraction of sp³-hybridized carbons (Fsp3) is 0.435. The average Bonchev–Trinajstić information content (AvgIpc) is 3.41. The van der Waals surface area contributed by atoms with Crippen molar-refractivity contribution in [3.63, 3.8) is 0 Å². The molecule has 10 heteroatoms. The number of nitrogen functional groups attached to an aromatic ring is 1. The average molecular weight is 470 g/mol. The third kappa shape index (κ3) is 4.20. The standard InChI is InChI=1S/C23H28FN7OS/c1-30-23(31-7-2-3-14(25)6-8-31)16(10-28-30)19-20(24)17(9-15(21(19)26)13-4-5-13)29-22(32)18-11-33-12-27-18/h9-14H,2-8,25-26H2,1H3,(H,29,32)/t14-/m1/s1. The van der Waals surface area contributed by atoms with Crippen LogP contribution in [0.3, 0.4) is 0 Å². The second-order valence-corrected chi connectivity index (χ2v) is 9.62. The van der Waals surface area contributed by atoms with Crippen LogP contribution in [0.25, 0.3) is 11.1 Å². The van der Waals surface area contributed by atoms with Gasteiger partial charge in [-0.15, -0.1) is 11.3 Å². The Balaban J connectivity index is 1.60. The van der Waals surface area contributed by atoms with E-state index in [1.807, 2.05) is 7.05 Å². The predicted octanol–water partition coefficient (Wildman–Crippen LogP) is 3.71. The summed E-state index contributed by atoms with van der Waals surface area (Å²) in [7, 11) is 1.85. The van der Waals surface area contributed by atoms with Gasteiger partial charge in [-0.25, -0.2) is 9.37 Å². The van der Waals surface area contributed by atoms with Crippen molar-refractivity contribution >= 4 is 34.4 Å². The van der Waals surface area contributed by atoms with Crippen LogP contribution in [0.15, 0.2) is 23.2 Å². The van der Waals surface area contributed by atoms with Gasteiger partial charge in [0.2, 0.25) is 0 Å². The quantitative estimate of drug-likeness (QED) is 0.491. The van der Waals surface area contributed by atoms with Gasteiger partial charge in [0.15, 0.2) is 5.82 Å². The van der Waals surface area contributed by atoms with Crippen molar-refractivity contribution in [3.05, 3.63) is 40.2 Å². The van der Waals surface area contributed by atoms with Gasteiger partial charge in [0.1, 0.15) is 11.5 Å². The summed E-state index contributed by atoms with van der Waals surface area (Å²) in [6, 6.07) is 1.84. The molecular weight excluding hydrogens is 441 g/mol. The Labute approximate surface area is 195 Å². The number of anilines is 3. The highest BCUT2D eigenvalue weighted by Gasteiger charge is 2.32. The molecule has 2 aromatic heterocycles. The zero-order chi connectivity index (χ0) is 23.1. The third-order valence-corrected chi connectivity index (χ3v) is 7.10. The lowest BCUT2D eigenvalue weighted by Crippen LogP contribution is -2.28. The van der Waals surface area contributed by atoms with Crippen LogP contribution < -0.4 is 21.7 Å². The molecule has 3 aromatic rings. The zero-order valence-corrected chi connectivity index (χ0v) is 19.4. The van der Waals surface area contributed by atoms with E-state index in [1.54, 1.807) is 27.8 Å². The number of aromatic nitrogens is 3. The molecule has 8 nitrogen and oxygen atoms in total. The number of benzene rings is 1. The van der Waals surface area contributed by atoms with E-state index in [1.165, 1.54) is 11.3 Å². The number of aryl methyl sites for hydroxylation is 1. The number of rotatable bonds is 5. The molecule has 1 saturated heterocycles. The lowest BCUT2D eigenvalue weighted by Gasteiger charge is -2.25. The van der Waals surface area contributed by atoms with Crippen molar-refractivity contribution in [2.45, 2.75) is 44.1 Å². The van der Waals surface area contributed by atoms with Crippen LogP contribution in [-0.2, 0) is 7.05 Å². The smallest absolute Gasteiger partial charge is 0.275 e. The molecule has 174 valence electrons. The van der Waals surface area contributed by atoms with Gasteiger partial charge in [-0.3, -0.25) is 9.48 Å². The first kappa shape index (κ1) is 21.8. The second-order valence-electron chi connectivity index (χ2n) is 8.90. The molecule has 0 unspecified atom stereocenters. The molecule has 1 saturated carbocycles. The Morgan fingerprint density at radius 2 is 2.09 bits per heavy atom. The summed E-state index contributed by atoms with van der Waals surface area (Å²) in [5.74, 6) is 0.0943. The van der Waals surface area contributed by atoms with Gasteiger partial charge in [-0.1, -0.05) is 0 Å². The van der Waals surface area contributed by atoms with Crippen LogP contribution in [0.1, 0.15) is 54.1 Å². The molecule has 0 spiro atoms. The second kappa shape index (κ2) is 8.75. The predicted molar refractivity (Wildman–Crippen MR) is 129 cm³/mol. The van der Waals surface area contributed by atoms with Gasteiger partial charge >= 0.3 is 0 Å². The highest BCUT2D eigenvalue weighted by atomic mass is 32.1. The molecule has 1 aliphatic heterocycles. The van der Waals surface area contributed by atoms with E-state index in [0.717, 1.165) is 56.6 Å². The number of halogens is 1. The van der Waals surface area contributed by atoms with Crippen molar-refractivity contribution in [3.8, 4) is 11.1 Å². The maximum Gasteiger partial charge on any atom is 0.275 e. The molecule has 2 aliphatic rings. The first-order valence-electron chi connectivity index (χ1n) is 11.3. The summed E-state index contributed by atoms with van der Waals surface area (Å²) in [6.07, 6.45) is 6.44. The molecule has 33 heavy (non-hydrogen) atoms. The van der Waals surface area contributed by atoms with E-state index in [0.29, 0.717) is 16.8 Å². The van der Waals surface area contributed by atoms with Crippen LogP contribution in [0.4, 0.5) is 21.6 Å². The summed E-state index contributed by atoms with van der Waals surface area (Å²) >= 11 is 1.31. The van der Waals surface area contributed by atoms with Crippen molar-refractivity contribution in [1.29, 1.82) is 0 Å². The Hall–Kier alpha value is -2.98. The zero-order valence-electron chi connectivity index (χ0n) is 18.6. The van der Waals surface area contributed by atoms with Gasteiger partial charge in [0, 0.05) is 48.4 Å². The lowest BCUT2D eigenvalue weighted by molar-refractivity contribution is 0.102. The number of amides is 1. The van der Waals surface area contributed by atoms with E-state index in [-0.39, 0.29) is 23.3 Å². The Morgan fingerprint density at radius 1 is 1.27 bits per heavy atom. The lowest BCUT2D eigenvalue weighted by atomic mass is 9.97. The minimum Gasteiger partial charge on any atom is -0.398 e. The molecule has 1 aliphatic carbocycles. The van der Waals surface area contributed by atoms with E-state index < -0.39 is 11.7 Å². The monoisotopic (exact) mass is 469 g/mol. The maximum atomic E-state index is 16.0. The van der Waals surface area contributed by atoms with Gasteiger partial charge in [-0.2, -0.15) is 5.10 Å². The SMILES string of the molecule is Cn1ncc(-c2c(N)c(C3CC3)cc(NC(=O)c3cscn3)c2F)c1N1CCC[C@@H](N)CC1. The van der Waals surface area contributed by atoms with E-state index in [2.05, 4.69) is 20.3 Å². The summed E-state index contributed by atoms with van der Waals surface area (Å²) in [5.41, 5.74) is 16.9. The molecule has 5 N–H and O–H groups in total. The number of thiazole rings is 1. The summed E-state index contributed by atoms with van der Waals surface area (Å²) in [5, 5.41) is 8.79.